The van der Waals surface area contributed by atoms with E-state index in [1.807, 2.05) is 66.2 Å². The van der Waals surface area contributed by atoms with Crippen LogP contribution in [0.3, 0.4) is 0 Å². The van der Waals surface area contributed by atoms with Crippen molar-refractivity contribution in [1.29, 1.82) is 0 Å². The van der Waals surface area contributed by atoms with E-state index in [9.17, 15) is 4.79 Å². The number of hydrogen-bond acceptors (Lipinski definition) is 7. The SMILES string of the molecule is Cc1ccc(C(N)=O)c(-c2cccc(OCCCn3ccnc3)c2)c1Nc1nccc(-c2cccnc2)n1. The van der Waals surface area contributed by atoms with Gasteiger partial charge in [0.15, 0.2) is 0 Å². The van der Waals surface area contributed by atoms with E-state index in [0.29, 0.717) is 35.1 Å². The number of carbonyl (C=O) groups excluding carboxylic acids is 1. The topological polar surface area (TPSA) is 121 Å². The number of amides is 1. The number of imidazole rings is 1. The fourth-order valence-electron chi connectivity index (χ4n) is 4.18. The van der Waals surface area contributed by atoms with Crippen molar-refractivity contribution in [2.45, 2.75) is 19.9 Å². The number of pyridine rings is 1. The number of aryl methyl sites for hydroxylation is 2. The molecular weight excluding hydrogens is 478 g/mol. The van der Waals surface area contributed by atoms with E-state index < -0.39 is 5.91 Å². The van der Waals surface area contributed by atoms with E-state index in [-0.39, 0.29) is 0 Å². The standard InChI is InChI=1S/C29H27N7O2/c1-20-8-9-24(28(30)37)26(21-5-2-7-23(17-21)38-16-4-14-36-15-13-32-19-36)27(20)35-29-33-12-10-25(34-29)22-6-3-11-31-18-22/h2-3,5-13,15,17-19H,4,14,16H2,1H3,(H2,30,37)(H,33,34,35). The molecule has 1 amide bonds. The Bertz CT molecular complexity index is 1540. The van der Waals surface area contributed by atoms with Crippen LogP contribution in [-0.2, 0) is 6.54 Å². The van der Waals surface area contributed by atoms with Crippen LogP contribution >= 0.6 is 0 Å². The van der Waals surface area contributed by atoms with Crippen LogP contribution in [0.15, 0.2) is 91.9 Å². The second-order valence-electron chi connectivity index (χ2n) is 8.71. The Hall–Kier alpha value is -5.05. The van der Waals surface area contributed by atoms with Crippen molar-refractivity contribution < 1.29 is 9.53 Å². The number of rotatable bonds is 10. The summed E-state index contributed by atoms with van der Waals surface area (Å²) >= 11 is 0. The average Bonchev–Trinajstić information content (AvgIpc) is 3.46. The molecule has 0 atom stereocenters. The third kappa shape index (κ3) is 5.67. The molecule has 0 fully saturated rings. The molecular formula is C29H27N7O2. The van der Waals surface area contributed by atoms with E-state index in [1.54, 1.807) is 37.2 Å². The van der Waals surface area contributed by atoms with Gasteiger partial charge in [-0.25, -0.2) is 15.0 Å². The minimum absolute atomic E-state index is 0.388. The van der Waals surface area contributed by atoms with Crippen molar-refractivity contribution in [3.05, 3.63) is 103 Å². The van der Waals surface area contributed by atoms with Gasteiger partial charge in [-0.2, -0.15) is 0 Å². The number of nitrogens with zero attached hydrogens (tertiary/aromatic N) is 5. The molecule has 0 radical (unpaired) electrons. The van der Waals surface area contributed by atoms with Crippen LogP contribution in [0.2, 0.25) is 0 Å². The van der Waals surface area contributed by atoms with Crippen molar-refractivity contribution in [3.8, 4) is 28.1 Å². The van der Waals surface area contributed by atoms with Crippen LogP contribution in [0, 0.1) is 6.92 Å². The summed E-state index contributed by atoms with van der Waals surface area (Å²) in [6.07, 6.45) is 11.4. The lowest BCUT2D eigenvalue weighted by Crippen LogP contribution is -2.14. The van der Waals surface area contributed by atoms with Crippen molar-refractivity contribution >= 4 is 17.5 Å². The molecule has 3 heterocycles. The molecule has 9 heteroatoms. The zero-order valence-corrected chi connectivity index (χ0v) is 20.9. The molecule has 0 saturated carbocycles. The quantitative estimate of drug-likeness (QED) is 0.256. The van der Waals surface area contributed by atoms with Gasteiger partial charge in [0, 0.05) is 54.2 Å². The maximum absolute atomic E-state index is 12.5. The molecule has 0 aliphatic heterocycles. The largest absolute Gasteiger partial charge is 0.494 e. The molecule has 5 aromatic rings. The maximum atomic E-state index is 12.5. The zero-order chi connectivity index (χ0) is 26.3. The monoisotopic (exact) mass is 505 g/mol. The summed E-state index contributed by atoms with van der Waals surface area (Å²) in [4.78, 5) is 29.8. The van der Waals surface area contributed by atoms with Gasteiger partial charge >= 0.3 is 0 Å². The van der Waals surface area contributed by atoms with Crippen LogP contribution in [0.25, 0.3) is 22.4 Å². The van der Waals surface area contributed by atoms with Crippen LogP contribution in [0.1, 0.15) is 22.3 Å². The summed E-state index contributed by atoms with van der Waals surface area (Å²) in [7, 11) is 0. The Labute approximate surface area is 220 Å². The van der Waals surface area contributed by atoms with E-state index in [2.05, 4.69) is 25.3 Å². The van der Waals surface area contributed by atoms with E-state index in [1.165, 1.54) is 0 Å². The molecule has 0 bridgehead atoms. The highest BCUT2D eigenvalue weighted by Crippen LogP contribution is 2.37. The lowest BCUT2D eigenvalue weighted by molar-refractivity contribution is 0.100. The number of nitrogens with two attached hydrogens (primary N) is 1. The normalized spacial score (nSPS) is 10.8. The molecule has 3 aromatic heterocycles. The minimum atomic E-state index is -0.528. The maximum Gasteiger partial charge on any atom is 0.249 e. The number of primary amides is 1. The lowest BCUT2D eigenvalue weighted by atomic mass is 9.94. The smallest absolute Gasteiger partial charge is 0.249 e. The summed E-state index contributed by atoms with van der Waals surface area (Å²) in [6.45, 7) is 3.31. The van der Waals surface area contributed by atoms with E-state index in [4.69, 9.17) is 10.5 Å². The van der Waals surface area contributed by atoms with E-state index in [0.717, 1.165) is 35.3 Å². The summed E-state index contributed by atoms with van der Waals surface area (Å²) in [5, 5.41) is 3.33. The molecule has 0 aliphatic carbocycles. The first kappa shape index (κ1) is 24.6. The van der Waals surface area contributed by atoms with E-state index >= 15 is 0 Å². The van der Waals surface area contributed by atoms with Gasteiger partial charge in [-0.3, -0.25) is 9.78 Å². The first-order chi connectivity index (χ1) is 18.6. The molecule has 3 N–H and O–H groups in total. The van der Waals surface area contributed by atoms with Crippen LogP contribution in [0.5, 0.6) is 5.75 Å². The Morgan fingerprint density at radius 1 is 1.03 bits per heavy atom. The lowest BCUT2D eigenvalue weighted by Gasteiger charge is -2.18. The summed E-state index contributed by atoms with van der Waals surface area (Å²) in [5.41, 5.74) is 10.9. The summed E-state index contributed by atoms with van der Waals surface area (Å²) < 4.78 is 8.03. The average molecular weight is 506 g/mol. The third-order valence-corrected chi connectivity index (χ3v) is 6.04. The Balaban J connectivity index is 1.45. The van der Waals surface area contributed by atoms with Gasteiger partial charge in [-0.15, -0.1) is 0 Å². The highest BCUT2D eigenvalue weighted by molar-refractivity contribution is 6.04. The zero-order valence-electron chi connectivity index (χ0n) is 20.9. The van der Waals surface area contributed by atoms with Gasteiger partial charge < -0.3 is 20.4 Å². The molecule has 0 aliphatic rings. The van der Waals surface area contributed by atoms with Crippen molar-refractivity contribution in [2.75, 3.05) is 11.9 Å². The second-order valence-corrected chi connectivity index (χ2v) is 8.71. The first-order valence-electron chi connectivity index (χ1n) is 12.2. The number of aromatic nitrogens is 5. The molecule has 2 aromatic carbocycles. The molecule has 190 valence electrons. The van der Waals surface area contributed by atoms with Crippen LogP contribution < -0.4 is 15.8 Å². The first-order valence-corrected chi connectivity index (χ1v) is 12.2. The predicted octanol–water partition coefficient (Wildman–Crippen LogP) is 5.02. The fraction of sp³-hybridized carbons (Fsp3) is 0.138. The van der Waals surface area contributed by atoms with Gasteiger partial charge in [-0.1, -0.05) is 18.2 Å². The molecule has 0 spiro atoms. The Morgan fingerprint density at radius 2 is 1.92 bits per heavy atom. The van der Waals surface area contributed by atoms with Gasteiger partial charge in [0.1, 0.15) is 5.75 Å². The fourth-order valence-corrected chi connectivity index (χ4v) is 4.18. The predicted molar refractivity (Wildman–Crippen MR) is 146 cm³/mol. The highest BCUT2D eigenvalue weighted by Gasteiger charge is 2.19. The number of benzene rings is 2. The minimum Gasteiger partial charge on any atom is -0.494 e. The van der Waals surface area contributed by atoms with Gasteiger partial charge in [0.05, 0.1) is 24.3 Å². The van der Waals surface area contributed by atoms with Crippen molar-refractivity contribution in [1.82, 2.24) is 24.5 Å². The molecule has 38 heavy (non-hydrogen) atoms. The highest BCUT2D eigenvalue weighted by atomic mass is 16.5. The van der Waals surface area contributed by atoms with Gasteiger partial charge in [-0.05, 0) is 60.9 Å². The van der Waals surface area contributed by atoms with Gasteiger partial charge in [0.2, 0.25) is 11.9 Å². The number of ether oxygens (including phenoxy) is 1. The summed E-state index contributed by atoms with van der Waals surface area (Å²) in [5.74, 6) is 0.565. The summed E-state index contributed by atoms with van der Waals surface area (Å²) in [6, 6.07) is 16.8. The van der Waals surface area contributed by atoms with Gasteiger partial charge in [0.25, 0.3) is 0 Å². The molecule has 9 nitrogen and oxygen atoms in total. The molecule has 0 saturated heterocycles. The van der Waals surface area contributed by atoms with Crippen LogP contribution in [-0.4, -0.2) is 37.0 Å². The van der Waals surface area contributed by atoms with Crippen LogP contribution in [0.4, 0.5) is 11.6 Å². The number of anilines is 2. The third-order valence-electron chi connectivity index (χ3n) is 6.04. The number of hydrogen-bond donors (Lipinski definition) is 2. The Morgan fingerprint density at radius 3 is 2.71 bits per heavy atom. The number of nitrogens with one attached hydrogen (secondary N) is 1. The van der Waals surface area contributed by atoms with Crippen molar-refractivity contribution in [2.24, 2.45) is 5.73 Å². The number of carbonyl (C=O) groups is 1. The molecule has 0 unspecified atom stereocenters. The molecule has 5 rings (SSSR count). The second kappa shape index (κ2) is 11.3. The van der Waals surface area contributed by atoms with Crippen molar-refractivity contribution in [3.63, 3.8) is 0 Å². The Kier molecular flexibility index (Phi) is 7.35.